The normalized spacial score (nSPS) is 19.5. The third-order valence-corrected chi connectivity index (χ3v) is 4.95. The van der Waals surface area contributed by atoms with Crippen LogP contribution in [0.3, 0.4) is 0 Å². The Labute approximate surface area is 136 Å². The lowest BCUT2D eigenvalue weighted by molar-refractivity contribution is -0.134. The van der Waals surface area contributed by atoms with Crippen LogP contribution in [0.2, 0.25) is 0 Å². The number of Topliss-reactive ketones (excluding diaryl/α,β-unsaturated/α-hetero) is 1. The van der Waals surface area contributed by atoms with Gasteiger partial charge in [-0.3, -0.25) is 19.7 Å². The summed E-state index contributed by atoms with van der Waals surface area (Å²) in [6, 6.07) is 0. The SMILES string of the molecule is C=C/C(C)=C/[C@@H](C)C(=O)CC(CC1CC(=O)NC(=O)C1)SC. The standard InChI is InChI=1S/C17H25NO3S/c1-5-11(2)6-12(3)15(19)10-14(22-4)7-13-8-16(20)18-17(21)9-13/h5-6,12-14H,1,7-10H2,2-4H3,(H,18,20,21)/b11-6+/t12-,14?/m1/s1. The van der Waals surface area contributed by atoms with E-state index in [4.69, 9.17) is 0 Å². The molecule has 1 heterocycles. The lowest BCUT2D eigenvalue weighted by atomic mass is 9.89. The van der Waals surface area contributed by atoms with Crippen LogP contribution in [-0.2, 0) is 14.4 Å². The third-order valence-electron chi connectivity index (χ3n) is 3.93. The average Bonchev–Trinajstić information content (AvgIpc) is 2.44. The number of rotatable bonds is 8. The van der Waals surface area contributed by atoms with Crippen LogP contribution in [0, 0.1) is 11.8 Å². The number of imide groups is 1. The summed E-state index contributed by atoms with van der Waals surface area (Å²) in [6.07, 6.45) is 7.58. The molecule has 0 radical (unpaired) electrons. The van der Waals surface area contributed by atoms with Crippen LogP contribution in [-0.4, -0.2) is 29.1 Å². The van der Waals surface area contributed by atoms with E-state index in [1.165, 1.54) is 0 Å². The zero-order valence-corrected chi connectivity index (χ0v) is 14.4. The summed E-state index contributed by atoms with van der Waals surface area (Å²) < 4.78 is 0. The fourth-order valence-corrected chi connectivity index (χ4v) is 3.42. The van der Waals surface area contributed by atoms with Gasteiger partial charge in [0.25, 0.3) is 0 Å². The summed E-state index contributed by atoms with van der Waals surface area (Å²) in [5.41, 5.74) is 0.996. The minimum atomic E-state index is -0.203. The first-order valence-electron chi connectivity index (χ1n) is 7.54. The number of thioether (sulfide) groups is 1. The molecule has 1 aliphatic rings. The summed E-state index contributed by atoms with van der Waals surface area (Å²) >= 11 is 1.63. The minimum absolute atomic E-state index is 0.0484. The van der Waals surface area contributed by atoms with Gasteiger partial charge in [-0.1, -0.05) is 31.2 Å². The van der Waals surface area contributed by atoms with E-state index >= 15 is 0 Å². The smallest absolute Gasteiger partial charge is 0.226 e. The number of carbonyl (C=O) groups is 3. The van der Waals surface area contributed by atoms with Crippen molar-refractivity contribution in [2.75, 3.05) is 6.26 Å². The van der Waals surface area contributed by atoms with Crippen LogP contribution in [0.4, 0.5) is 0 Å². The van der Waals surface area contributed by atoms with Gasteiger partial charge in [-0.05, 0) is 25.5 Å². The molecule has 1 N–H and O–H groups in total. The molecule has 0 aromatic carbocycles. The van der Waals surface area contributed by atoms with Gasteiger partial charge >= 0.3 is 0 Å². The number of piperidine rings is 1. The van der Waals surface area contributed by atoms with Gasteiger partial charge in [0, 0.05) is 30.4 Å². The number of amides is 2. The zero-order valence-electron chi connectivity index (χ0n) is 13.6. The number of ketones is 1. The van der Waals surface area contributed by atoms with Gasteiger partial charge in [-0.2, -0.15) is 11.8 Å². The van der Waals surface area contributed by atoms with Gasteiger partial charge in [0.15, 0.2) is 0 Å². The fourth-order valence-electron chi connectivity index (χ4n) is 2.62. The van der Waals surface area contributed by atoms with Gasteiger partial charge < -0.3 is 0 Å². The predicted molar refractivity (Wildman–Crippen MR) is 90.5 cm³/mol. The molecule has 1 rings (SSSR count). The Bertz CT molecular complexity index is 468. The molecule has 5 heteroatoms. The van der Waals surface area contributed by atoms with E-state index in [9.17, 15) is 14.4 Å². The third kappa shape index (κ3) is 6.18. The molecule has 122 valence electrons. The Morgan fingerprint density at radius 2 is 2.00 bits per heavy atom. The fraction of sp³-hybridized carbons (Fsp3) is 0.588. The Kier molecular flexibility index (Phi) is 7.59. The van der Waals surface area contributed by atoms with Crippen LogP contribution in [0.5, 0.6) is 0 Å². The second-order valence-electron chi connectivity index (χ2n) is 5.91. The number of carbonyl (C=O) groups excluding carboxylic acids is 3. The second kappa shape index (κ2) is 8.93. The van der Waals surface area contributed by atoms with E-state index in [2.05, 4.69) is 11.9 Å². The van der Waals surface area contributed by atoms with Crippen molar-refractivity contribution in [1.29, 1.82) is 0 Å². The van der Waals surface area contributed by atoms with Crippen LogP contribution >= 0.6 is 11.8 Å². The van der Waals surface area contributed by atoms with E-state index in [-0.39, 0.29) is 34.7 Å². The number of nitrogens with one attached hydrogen (secondary N) is 1. The topological polar surface area (TPSA) is 63.2 Å². The highest BCUT2D eigenvalue weighted by atomic mass is 32.2. The van der Waals surface area contributed by atoms with Crippen LogP contribution < -0.4 is 5.32 Å². The molecule has 1 saturated heterocycles. The first kappa shape index (κ1) is 18.7. The number of hydrogen-bond donors (Lipinski definition) is 1. The lowest BCUT2D eigenvalue weighted by Crippen LogP contribution is -2.39. The molecule has 0 bridgehead atoms. The van der Waals surface area contributed by atoms with E-state index in [0.29, 0.717) is 19.3 Å². The molecule has 0 aromatic heterocycles. The van der Waals surface area contributed by atoms with Crippen molar-refractivity contribution in [3.05, 3.63) is 24.3 Å². The summed E-state index contributed by atoms with van der Waals surface area (Å²) in [7, 11) is 0. The van der Waals surface area contributed by atoms with E-state index in [1.807, 2.05) is 26.2 Å². The van der Waals surface area contributed by atoms with Crippen molar-refractivity contribution < 1.29 is 14.4 Å². The molecule has 2 atom stereocenters. The predicted octanol–water partition coefficient (Wildman–Crippen LogP) is 2.89. The van der Waals surface area contributed by atoms with Crippen molar-refractivity contribution in [1.82, 2.24) is 5.32 Å². The molecular formula is C17H25NO3S. The first-order valence-corrected chi connectivity index (χ1v) is 8.83. The molecule has 0 aliphatic carbocycles. The first-order chi connectivity index (χ1) is 10.3. The van der Waals surface area contributed by atoms with Crippen LogP contribution in [0.25, 0.3) is 0 Å². The molecular weight excluding hydrogens is 298 g/mol. The van der Waals surface area contributed by atoms with Crippen molar-refractivity contribution in [2.45, 2.75) is 44.8 Å². The molecule has 1 aliphatic heterocycles. The Hall–Kier alpha value is -1.36. The quantitative estimate of drug-likeness (QED) is 0.551. The lowest BCUT2D eigenvalue weighted by Gasteiger charge is -2.25. The number of hydrogen-bond acceptors (Lipinski definition) is 4. The summed E-state index contributed by atoms with van der Waals surface area (Å²) in [4.78, 5) is 35.1. The van der Waals surface area contributed by atoms with Crippen molar-refractivity contribution in [3.63, 3.8) is 0 Å². The maximum absolute atomic E-state index is 12.3. The van der Waals surface area contributed by atoms with E-state index in [1.54, 1.807) is 17.8 Å². The molecule has 22 heavy (non-hydrogen) atoms. The van der Waals surface area contributed by atoms with Crippen molar-refractivity contribution in [2.24, 2.45) is 11.8 Å². The van der Waals surface area contributed by atoms with Gasteiger partial charge in [0.2, 0.25) is 11.8 Å². The van der Waals surface area contributed by atoms with E-state index < -0.39 is 0 Å². The highest BCUT2D eigenvalue weighted by molar-refractivity contribution is 7.99. The summed E-state index contributed by atoms with van der Waals surface area (Å²) in [5.74, 6) is -0.306. The van der Waals surface area contributed by atoms with E-state index in [0.717, 1.165) is 12.0 Å². The molecule has 1 fully saturated rings. The highest BCUT2D eigenvalue weighted by Gasteiger charge is 2.28. The zero-order chi connectivity index (χ0) is 16.7. The summed E-state index contributed by atoms with van der Waals surface area (Å²) in [6.45, 7) is 7.51. The number of allylic oxidation sites excluding steroid dienone is 3. The van der Waals surface area contributed by atoms with Crippen molar-refractivity contribution in [3.8, 4) is 0 Å². The summed E-state index contributed by atoms with van der Waals surface area (Å²) in [5, 5.41) is 2.47. The molecule has 0 spiro atoms. The molecule has 1 unspecified atom stereocenters. The van der Waals surface area contributed by atoms with Gasteiger partial charge in [-0.25, -0.2) is 0 Å². The van der Waals surface area contributed by atoms with Gasteiger partial charge in [0.1, 0.15) is 5.78 Å². The van der Waals surface area contributed by atoms with Crippen LogP contribution in [0.1, 0.15) is 39.5 Å². The average molecular weight is 323 g/mol. The minimum Gasteiger partial charge on any atom is -0.299 e. The maximum atomic E-state index is 12.3. The van der Waals surface area contributed by atoms with Crippen LogP contribution in [0.15, 0.2) is 24.3 Å². The molecule has 0 aromatic rings. The molecule has 4 nitrogen and oxygen atoms in total. The Morgan fingerprint density at radius 3 is 2.50 bits per heavy atom. The van der Waals surface area contributed by atoms with Gasteiger partial charge in [-0.15, -0.1) is 0 Å². The second-order valence-corrected chi connectivity index (χ2v) is 7.05. The Morgan fingerprint density at radius 1 is 1.41 bits per heavy atom. The van der Waals surface area contributed by atoms with Gasteiger partial charge in [0.05, 0.1) is 0 Å². The monoisotopic (exact) mass is 323 g/mol. The maximum Gasteiger partial charge on any atom is 0.226 e. The molecule has 0 saturated carbocycles. The molecule has 2 amide bonds. The van der Waals surface area contributed by atoms with Crippen molar-refractivity contribution >= 4 is 29.4 Å². The largest absolute Gasteiger partial charge is 0.299 e. The Balaban J connectivity index is 2.57. The highest BCUT2D eigenvalue weighted by Crippen LogP contribution is 2.27.